The Bertz CT molecular complexity index is 640. The summed E-state index contributed by atoms with van der Waals surface area (Å²) in [6, 6.07) is -4.05. The van der Waals surface area contributed by atoms with Gasteiger partial charge in [0, 0.05) is 13.5 Å². The lowest BCUT2D eigenvalue weighted by molar-refractivity contribution is -0.147. The third-order valence-electron chi connectivity index (χ3n) is 3.96. The first kappa shape index (κ1) is 26.0. The summed E-state index contributed by atoms with van der Waals surface area (Å²) in [5.74, 6) is -2.81. The molecule has 0 unspecified atom stereocenters. The van der Waals surface area contributed by atoms with Crippen LogP contribution in [0.2, 0.25) is 0 Å². The molecule has 0 aliphatic heterocycles. The molecule has 12 heteroatoms. The number of carbonyl (C=O) groups excluding carboxylic acids is 5. The van der Waals surface area contributed by atoms with E-state index in [0.29, 0.717) is 24.3 Å². The van der Waals surface area contributed by atoms with Crippen LogP contribution >= 0.6 is 0 Å². The Morgan fingerprint density at radius 3 is 2.10 bits per heavy atom. The fourth-order valence-corrected chi connectivity index (χ4v) is 2.34. The summed E-state index contributed by atoms with van der Waals surface area (Å²) in [7, 11) is 0. The van der Waals surface area contributed by atoms with Crippen LogP contribution in [0.25, 0.3) is 0 Å². The fraction of sp³-hybridized carbons (Fsp3) is 0.647. The molecule has 8 N–H and O–H groups in total. The van der Waals surface area contributed by atoms with E-state index in [1.54, 1.807) is 6.29 Å². The lowest BCUT2D eigenvalue weighted by Crippen LogP contribution is -2.56. The lowest BCUT2D eigenvalue weighted by Gasteiger charge is -2.26. The predicted molar refractivity (Wildman–Crippen MR) is 105 cm³/mol. The van der Waals surface area contributed by atoms with Crippen LogP contribution in [0.15, 0.2) is 0 Å². The van der Waals surface area contributed by atoms with Gasteiger partial charge in [-0.15, -0.1) is 0 Å². The van der Waals surface area contributed by atoms with Crippen molar-refractivity contribution in [1.82, 2.24) is 20.9 Å². The van der Waals surface area contributed by atoms with Gasteiger partial charge in [-0.25, -0.2) is 0 Å². The molecule has 0 aromatic carbocycles. The van der Waals surface area contributed by atoms with E-state index < -0.39 is 47.8 Å². The zero-order valence-electron chi connectivity index (χ0n) is 17.1. The number of nitrogens with one attached hydrogen (secondary N) is 4. The molecule has 4 atom stereocenters. The number of carbonyl (C=O) groups is 4. The number of nitrogens with two attached hydrogens (primary N) is 2. The van der Waals surface area contributed by atoms with E-state index in [-0.39, 0.29) is 5.96 Å². The van der Waals surface area contributed by atoms with E-state index in [0.717, 1.165) is 6.92 Å². The molecule has 0 aliphatic rings. The molecule has 0 rings (SSSR count). The molecule has 12 nitrogen and oxygen atoms in total. The second-order valence-corrected chi connectivity index (χ2v) is 6.57. The molecule has 0 spiro atoms. The number of rotatable bonds is 11. The molecule has 0 aromatic rings. The topological polar surface area (TPSA) is 201 Å². The van der Waals surface area contributed by atoms with E-state index in [9.17, 15) is 24.0 Å². The highest BCUT2D eigenvalue weighted by Gasteiger charge is 2.30. The molecular formula is C17H30N7O5. The van der Waals surface area contributed by atoms with Crippen molar-refractivity contribution in [2.24, 2.45) is 11.5 Å². The van der Waals surface area contributed by atoms with Gasteiger partial charge in [-0.05, 0) is 33.6 Å². The average molecular weight is 412 g/mol. The predicted octanol–water partition coefficient (Wildman–Crippen LogP) is -2.54. The maximum Gasteiger partial charge on any atom is 0.252 e. The van der Waals surface area contributed by atoms with Gasteiger partial charge in [0.15, 0.2) is 5.96 Å². The van der Waals surface area contributed by atoms with Crippen molar-refractivity contribution in [1.29, 1.82) is 5.41 Å². The quantitative estimate of drug-likeness (QED) is 0.121. The van der Waals surface area contributed by atoms with E-state index >= 15 is 0 Å². The van der Waals surface area contributed by atoms with Gasteiger partial charge in [-0.1, -0.05) is 0 Å². The minimum atomic E-state index is -1.10. The molecule has 4 amide bonds. The average Bonchev–Trinajstić information content (AvgIpc) is 2.63. The largest absolute Gasteiger partial charge is 0.370 e. The first-order chi connectivity index (χ1) is 13.4. The molecule has 1 radical (unpaired) electrons. The third-order valence-corrected chi connectivity index (χ3v) is 3.96. The third kappa shape index (κ3) is 9.14. The normalized spacial score (nSPS) is 14.5. The smallest absolute Gasteiger partial charge is 0.252 e. The van der Waals surface area contributed by atoms with Crippen LogP contribution in [0, 0.1) is 5.41 Å². The molecule has 29 heavy (non-hydrogen) atoms. The minimum Gasteiger partial charge on any atom is -0.370 e. The highest BCUT2D eigenvalue weighted by Crippen LogP contribution is 2.03. The SMILES string of the molecule is CC(=O)N(C(=O)[C@H](C)NC(=O)[C@H](C)NC(=O)[C@H](N)CCCNC(=N)N)[C@@H](C)[C]=O. The molecule has 0 fully saturated rings. The van der Waals surface area contributed by atoms with Gasteiger partial charge in [0.2, 0.25) is 24.0 Å². The van der Waals surface area contributed by atoms with Crippen molar-refractivity contribution >= 4 is 35.9 Å². The number of hydrogen-bond acceptors (Lipinski definition) is 7. The summed E-state index contributed by atoms with van der Waals surface area (Å²) in [4.78, 5) is 59.7. The van der Waals surface area contributed by atoms with Gasteiger partial charge in [-0.3, -0.25) is 34.3 Å². The summed E-state index contributed by atoms with van der Waals surface area (Å²) in [5, 5.41) is 14.4. The molecule has 0 aromatic heterocycles. The van der Waals surface area contributed by atoms with Crippen LogP contribution in [0.3, 0.4) is 0 Å². The molecule has 163 valence electrons. The Morgan fingerprint density at radius 1 is 1.07 bits per heavy atom. The van der Waals surface area contributed by atoms with Crippen molar-refractivity contribution in [3.63, 3.8) is 0 Å². The van der Waals surface area contributed by atoms with Gasteiger partial charge in [0.25, 0.3) is 5.91 Å². The zero-order valence-corrected chi connectivity index (χ0v) is 17.1. The van der Waals surface area contributed by atoms with Crippen LogP contribution in [0.1, 0.15) is 40.5 Å². The van der Waals surface area contributed by atoms with Crippen molar-refractivity contribution in [2.75, 3.05) is 6.54 Å². The summed E-state index contributed by atoms with van der Waals surface area (Å²) >= 11 is 0. The van der Waals surface area contributed by atoms with Crippen LogP contribution < -0.4 is 27.4 Å². The van der Waals surface area contributed by atoms with Crippen LogP contribution in [0.4, 0.5) is 0 Å². The standard InChI is InChI=1S/C17H30N7O5/c1-9(8-25)24(12(4)26)16(29)11(3)23-14(27)10(2)22-15(28)13(18)6-5-7-21-17(19)20/h9-11,13H,5-7,18H2,1-4H3,(H,22,28)(H,23,27)(H4,19,20,21)/t9-,10-,11-,13+/m0/s1. The van der Waals surface area contributed by atoms with Gasteiger partial charge < -0.3 is 27.4 Å². The molecule has 0 bridgehead atoms. The van der Waals surface area contributed by atoms with Gasteiger partial charge in [-0.2, -0.15) is 0 Å². The van der Waals surface area contributed by atoms with Crippen LogP contribution in [-0.4, -0.2) is 71.5 Å². The summed E-state index contributed by atoms with van der Waals surface area (Å²) in [5.41, 5.74) is 10.9. The Morgan fingerprint density at radius 2 is 1.62 bits per heavy atom. The summed E-state index contributed by atoms with van der Waals surface area (Å²) in [6.07, 6.45) is 2.35. The van der Waals surface area contributed by atoms with Crippen molar-refractivity contribution < 1.29 is 24.0 Å². The van der Waals surface area contributed by atoms with Crippen molar-refractivity contribution in [3.05, 3.63) is 0 Å². The first-order valence-electron chi connectivity index (χ1n) is 9.07. The number of imide groups is 1. The molecular weight excluding hydrogens is 382 g/mol. The Kier molecular flexibility index (Phi) is 11.1. The van der Waals surface area contributed by atoms with Gasteiger partial charge >= 0.3 is 0 Å². The highest BCUT2D eigenvalue weighted by molar-refractivity contribution is 6.01. The lowest BCUT2D eigenvalue weighted by atomic mass is 10.1. The highest BCUT2D eigenvalue weighted by atomic mass is 16.2. The number of nitrogens with zero attached hydrogens (tertiary/aromatic N) is 1. The van der Waals surface area contributed by atoms with E-state index in [4.69, 9.17) is 16.9 Å². The minimum absolute atomic E-state index is 0.180. The van der Waals surface area contributed by atoms with Crippen molar-refractivity contribution in [2.45, 2.75) is 64.7 Å². The molecule has 0 aliphatic carbocycles. The summed E-state index contributed by atoms with van der Waals surface area (Å²) < 4.78 is 0. The van der Waals surface area contributed by atoms with Gasteiger partial charge in [0.1, 0.15) is 18.1 Å². The molecule has 0 heterocycles. The first-order valence-corrected chi connectivity index (χ1v) is 9.07. The Balaban J connectivity index is 4.66. The number of hydrogen-bond donors (Lipinski definition) is 6. The second-order valence-electron chi connectivity index (χ2n) is 6.57. The zero-order chi connectivity index (χ0) is 22.7. The maximum absolute atomic E-state index is 12.3. The monoisotopic (exact) mass is 412 g/mol. The molecule has 0 saturated heterocycles. The maximum atomic E-state index is 12.3. The van der Waals surface area contributed by atoms with Crippen molar-refractivity contribution in [3.8, 4) is 0 Å². The number of amides is 4. The molecule has 0 saturated carbocycles. The van der Waals surface area contributed by atoms with Crippen LogP contribution in [0.5, 0.6) is 0 Å². The number of guanidine groups is 1. The second kappa shape index (κ2) is 12.4. The Hall–Kier alpha value is -3.02. The van der Waals surface area contributed by atoms with E-state index in [1.165, 1.54) is 20.8 Å². The van der Waals surface area contributed by atoms with Crippen LogP contribution in [-0.2, 0) is 24.0 Å². The van der Waals surface area contributed by atoms with E-state index in [1.807, 2.05) is 0 Å². The van der Waals surface area contributed by atoms with E-state index in [2.05, 4.69) is 16.0 Å². The summed E-state index contributed by atoms with van der Waals surface area (Å²) in [6.45, 7) is 5.61. The van der Waals surface area contributed by atoms with Gasteiger partial charge in [0.05, 0.1) is 6.04 Å². The Labute approximate surface area is 169 Å². The fourth-order valence-electron chi connectivity index (χ4n) is 2.34.